The lowest BCUT2D eigenvalue weighted by atomic mass is 9.95. The molecule has 0 aliphatic rings. The van der Waals surface area contributed by atoms with E-state index in [2.05, 4.69) is 4.74 Å². The zero-order chi connectivity index (χ0) is 12.1. The third-order valence-corrected chi connectivity index (χ3v) is 2.33. The van der Waals surface area contributed by atoms with Crippen LogP contribution in [0.3, 0.4) is 0 Å². The second-order valence-electron chi connectivity index (χ2n) is 3.35. The lowest BCUT2D eigenvalue weighted by Crippen LogP contribution is -2.19. The van der Waals surface area contributed by atoms with E-state index in [-0.39, 0.29) is 18.5 Å². The number of benzene rings is 1. The number of ether oxygens (including phenoxy) is 1. The second kappa shape index (κ2) is 5.55. The van der Waals surface area contributed by atoms with Gasteiger partial charge >= 0.3 is 5.97 Å². The van der Waals surface area contributed by atoms with Crippen LogP contribution in [0.1, 0.15) is 17.9 Å². The molecule has 1 aromatic rings. The molecule has 0 aliphatic heterocycles. The van der Waals surface area contributed by atoms with E-state index in [1.165, 1.54) is 13.2 Å². The van der Waals surface area contributed by atoms with Crippen molar-refractivity contribution in [3.63, 3.8) is 0 Å². The van der Waals surface area contributed by atoms with Crippen LogP contribution in [0.25, 0.3) is 0 Å². The molecule has 5 heteroatoms. The van der Waals surface area contributed by atoms with E-state index in [0.717, 1.165) is 12.1 Å². The summed E-state index contributed by atoms with van der Waals surface area (Å²) in [5.74, 6) is -2.63. The molecule has 1 aromatic carbocycles. The molecule has 1 unspecified atom stereocenters. The van der Waals surface area contributed by atoms with Gasteiger partial charge in [-0.1, -0.05) is 6.07 Å². The van der Waals surface area contributed by atoms with Crippen molar-refractivity contribution in [1.82, 2.24) is 0 Å². The van der Waals surface area contributed by atoms with Gasteiger partial charge < -0.3 is 10.5 Å². The average molecular weight is 229 g/mol. The normalized spacial score (nSPS) is 12.2. The molecule has 0 radical (unpaired) electrons. The molecule has 0 aromatic heterocycles. The topological polar surface area (TPSA) is 52.3 Å². The largest absolute Gasteiger partial charge is 0.469 e. The summed E-state index contributed by atoms with van der Waals surface area (Å²) in [5, 5.41) is 0. The minimum atomic E-state index is -0.700. The maximum atomic E-state index is 13.4. The molecule has 0 bridgehead atoms. The summed E-state index contributed by atoms with van der Waals surface area (Å²) >= 11 is 0. The monoisotopic (exact) mass is 229 g/mol. The molecule has 3 nitrogen and oxygen atoms in total. The molecule has 16 heavy (non-hydrogen) atoms. The number of carbonyl (C=O) groups excluding carboxylic acids is 1. The predicted molar refractivity (Wildman–Crippen MR) is 54.8 cm³/mol. The number of halogens is 2. The summed E-state index contributed by atoms with van der Waals surface area (Å²) in [6.07, 6.45) is -0.134. The highest BCUT2D eigenvalue weighted by atomic mass is 19.1. The van der Waals surface area contributed by atoms with Gasteiger partial charge in [0.15, 0.2) is 0 Å². The first-order chi connectivity index (χ1) is 7.60. The summed E-state index contributed by atoms with van der Waals surface area (Å²) in [5.41, 5.74) is 5.25. The van der Waals surface area contributed by atoms with Crippen LogP contribution in [0, 0.1) is 11.6 Å². The van der Waals surface area contributed by atoms with Crippen LogP contribution in [0.15, 0.2) is 18.2 Å². The maximum absolute atomic E-state index is 13.4. The number of methoxy groups -OCH3 is 1. The number of esters is 1. The second-order valence-corrected chi connectivity index (χ2v) is 3.35. The van der Waals surface area contributed by atoms with Crippen molar-refractivity contribution in [2.75, 3.05) is 13.7 Å². The maximum Gasteiger partial charge on any atom is 0.306 e. The van der Waals surface area contributed by atoms with Crippen molar-refractivity contribution >= 4 is 5.97 Å². The van der Waals surface area contributed by atoms with Gasteiger partial charge in [0, 0.05) is 11.5 Å². The minimum absolute atomic E-state index is 0.0209. The van der Waals surface area contributed by atoms with Crippen LogP contribution in [-0.2, 0) is 9.53 Å². The summed E-state index contributed by atoms with van der Waals surface area (Å²) in [6, 6.07) is 3.54. The van der Waals surface area contributed by atoms with Crippen molar-refractivity contribution in [2.24, 2.45) is 5.73 Å². The molecular formula is C11H13F2NO2. The highest BCUT2D eigenvalue weighted by Gasteiger charge is 2.21. The lowest BCUT2D eigenvalue weighted by molar-refractivity contribution is -0.141. The fourth-order valence-corrected chi connectivity index (χ4v) is 1.49. The SMILES string of the molecule is COC(=O)CC(CN)c1c(F)cccc1F. The Morgan fingerprint density at radius 3 is 2.44 bits per heavy atom. The van der Waals surface area contributed by atoms with Crippen LogP contribution >= 0.6 is 0 Å². The van der Waals surface area contributed by atoms with Gasteiger partial charge in [-0.25, -0.2) is 8.78 Å². The zero-order valence-electron chi connectivity index (χ0n) is 8.87. The Bertz CT molecular complexity index is 362. The van der Waals surface area contributed by atoms with Crippen LogP contribution in [-0.4, -0.2) is 19.6 Å². The van der Waals surface area contributed by atoms with E-state index in [0.29, 0.717) is 0 Å². The lowest BCUT2D eigenvalue weighted by Gasteiger charge is -2.15. The van der Waals surface area contributed by atoms with Gasteiger partial charge in [0.2, 0.25) is 0 Å². The zero-order valence-corrected chi connectivity index (χ0v) is 8.87. The number of carbonyl (C=O) groups is 1. The minimum Gasteiger partial charge on any atom is -0.469 e. The van der Waals surface area contributed by atoms with Gasteiger partial charge in [0.1, 0.15) is 11.6 Å². The molecule has 0 aliphatic carbocycles. The quantitative estimate of drug-likeness (QED) is 0.797. The number of hydrogen-bond acceptors (Lipinski definition) is 3. The van der Waals surface area contributed by atoms with Crippen LogP contribution < -0.4 is 5.73 Å². The first-order valence-corrected chi connectivity index (χ1v) is 4.81. The highest BCUT2D eigenvalue weighted by Crippen LogP contribution is 2.24. The van der Waals surface area contributed by atoms with Gasteiger partial charge in [-0.05, 0) is 18.7 Å². The van der Waals surface area contributed by atoms with E-state index >= 15 is 0 Å². The fourth-order valence-electron chi connectivity index (χ4n) is 1.49. The molecule has 1 atom stereocenters. The summed E-state index contributed by atoms with van der Waals surface area (Å²) in [4.78, 5) is 11.1. The molecule has 0 amide bonds. The van der Waals surface area contributed by atoms with Crippen LogP contribution in [0.2, 0.25) is 0 Å². The van der Waals surface area contributed by atoms with Crippen molar-refractivity contribution in [2.45, 2.75) is 12.3 Å². The van der Waals surface area contributed by atoms with Gasteiger partial charge in [0.05, 0.1) is 13.5 Å². The summed E-state index contributed by atoms with van der Waals surface area (Å²) < 4.78 is 31.2. The van der Waals surface area contributed by atoms with Crippen LogP contribution in [0.4, 0.5) is 8.78 Å². The Labute approximate surface area is 92.2 Å². The van der Waals surface area contributed by atoms with Gasteiger partial charge in [-0.15, -0.1) is 0 Å². The Morgan fingerprint density at radius 2 is 2.00 bits per heavy atom. The molecule has 0 saturated carbocycles. The molecule has 1 rings (SSSR count). The van der Waals surface area contributed by atoms with Gasteiger partial charge in [0.25, 0.3) is 0 Å². The summed E-state index contributed by atoms with van der Waals surface area (Å²) in [6.45, 7) is -0.0209. The molecular weight excluding hydrogens is 216 g/mol. The average Bonchev–Trinajstić information content (AvgIpc) is 2.27. The van der Waals surface area contributed by atoms with Crippen molar-refractivity contribution in [3.05, 3.63) is 35.4 Å². The third-order valence-electron chi connectivity index (χ3n) is 2.33. The molecule has 88 valence electrons. The molecule has 2 N–H and O–H groups in total. The molecule has 0 spiro atoms. The van der Waals surface area contributed by atoms with Crippen molar-refractivity contribution < 1.29 is 18.3 Å². The number of nitrogens with two attached hydrogens (primary N) is 1. The Morgan fingerprint density at radius 1 is 1.44 bits per heavy atom. The first-order valence-electron chi connectivity index (χ1n) is 4.81. The van der Waals surface area contributed by atoms with Gasteiger partial charge in [-0.2, -0.15) is 0 Å². The Hall–Kier alpha value is -1.49. The summed E-state index contributed by atoms with van der Waals surface area (Å²) in [7, 11) is 1.22. The van der Waals surface area contributed by atoms with E-state index in [9.17, 15) is 13.6 Å². The first kappa shape index (κ1) is 12.6. The third kappa shape index (κ3) is 2.76. The smallest absolute Gasteiger partial charge is 0.306 e. The predicted octanol–water partition coefficient (Wildman–Crippen LogP) is 1.57. The molecule has 0 heterocycles. The molecule has 0 saturated heterocycles. The number of hydrogen-bond donors (Lipinski definition) is 1. The van der Waals surface area contributed by atoms with E-state index in [1.54, 1.807) is 0 Å². The van der Waals surface area contributed by atoms with Gasteiger partial charge in [-0.3, -0.25) is 4.79 Å². The Kier molecular flexibility index (Phi) is 4.37. The highest BCUT2D eigenvalue weighted by molar-refractivity contribution is 5.70. The van der Waals surface area contributed by atoms with Crippen LogP contribution in [0.5, 0.6) is 0 Å². The van der Waals surface area contributed by atoms with E-state index in [4.69, 9.17) is 5.73 Å². The van der Waals surface area contributed by atoms with Crippen molar-refractivity contribution in [1.29, 1.82) is 0 Å². The fraction of sp³-hybridized carbons (Fsp3) is 0.364. The standard InChI is InChI=1S/C11H13F2NO2/c1-16-10(15)5-7(6-14)11-8(12)3-2-4-9(11)13/h2-4,7H,5-6,14H2,1H3. The van der Waals surface area contributed by atoms with Crippen molar-refractivity contribution in [3.8, 4) is 0 Å². The van der Waals surface area contributed by atoms with E-state index in [1.807, 2.05) is 0 Å². The Balaban J connectivity index is 2.99. The number of rotatable bonds is 4. The molecule has 0 fully saturated rings. The van der Waals surface area contributed by atoms with E-state index < -0.39 is 23.5 Å².